The molecular weight excluding hydrogens is 184 g/mol. The van der Waals surface area contributed by atoms with Crippen LogP contribution < -0.4 is 11.1 Å². The van der Waals surface area contributed by atoms with Crippen LogP contribution in [0.1, 0.15) is 27.2 Å². The van der Waals surface area contributed by atoms with E-state index in [1.807, 2.05) is 20.8 Å². The molecule has 3 nitrogen and oxygen atoms in total. The van der Waals surface area contributed by atoms with Crippen molar-refractivity contribution in [1.82, 2.24) is 5.32 Å². The summed E-state index contributed by atoms with van der Waals surface area (Å²) < 4.78 is 0. The molecule has 0 atom stereocenters. The zero-order valence-electron chi connectivity index (χ0n) is 8.72. The first-order valence-electron chi connectivity index (χ1n) is 4.54. The predicted molar refractivity (Wildman–Crippen MR) is 58.9 cm³/mol. The molecule has 0 aromatic carbocycles. The normalized spacial score (nSPS) is 11.4. The first-order valence-corrected chi connectivity index (χ1v) is 5.70. The molecule has 0 unspecified atom stereocenters. The maximum absolute atomic E-state index is 11.3. The van der Waals surface area contributed by atoms with Crippen molar-refractivity contribution in [3.8, 4) is 0 Å². The van der Waals surface area contributed by atoms with Gasteiger partial charge in [-0.25, -0.2) is 0 Å². The summed E-state index contributed by atoms with van der Waals surface area (Å²) in [7, 11) is 0. The van der Waals surface area contributed by atoms with Crippen LogP contribution in [-0.4, -0.2) is 29.5 Å². The summed E-state index contributed by atoms with van der Waals surface area (Å²) in [5.74, 6) is 1.61. The second kappa shape index (κ2) is 6.27. The number of hydrogen-bond acceptors (Lipinski definition) is 3. The van der Waals surface area contributed by atoms with E-state index in [9.17, 15) is 4.79 Å². The third-order valence-electron chi connectivity index (χ3n) is 1.24. The Bertz CT molecular complexity index is 154. The van der Waals surface area contributed by atoms with Crippen molar-refractivity contribution in [3.63, 3.8) is 0 Å². The fourth-order valence-corrected chi connectivity index (χ4v) is 1.58. The number of hydrogen-bond donors (Lipinski definition) is 2. The Balaban J connectivity index is 3.41. The minimum absolute atomic E-state index is 0.106. The Hall–Kier alpha value is -0.220. The van der Waals surface area contributed by atoms with Gasteiger partial charge in [-0.2, -0.15) is 11.8 Å². The van der Waals surface area contributed by atoms with Gasteiger partial charge in [-0.05, 0) is 39.5 Å². The van der Waals surface area contributed by atoms with Crippen molar-refractivity contribution in [1.29, 1.82) is 0 Å². The average molecular weight is 204 g/mol. The summed E-state index contributed by atoms with van der Waals surface area (Å²) in [5, 5.41) is 2.91. The lowest BCUT2D eigenvalue weighted by Gasteiger charge is -2.20. The minimum Gasteiger partial charge on any atom is -0.351 e. The van der Waals surface area contributed by atoms with Gasteiger partial charge in [-0.1, -0.05) is 0 Å². The second-order valence-corrected chi connectivity index (χ2v) is 5.10. The van der Waals surface area contributed by atoms with E-state index in [1.165, 1.54) is 0 Å². The lowest BCUT2D eigenvalue weighted by molar-refractivity contribution is -0.119. The fourth-order valence-electron chi connectivity index (χ4n) is 0.805. The molecule has 0 aliphatic heterocycles. The van der Waals surface area contributed by atoms with Crippen molar-refractivity contribution < 1.29 is 4.79 Å². The minimum atomic E-state index is -0.120. The van der Waals surface area contributed by atoms with Crippen molar-refractivity contribution in [2.75, 3.05) is 18.1 Å². The summed E-state index contributed by atoms with van der Waals surface area (Å²) in [6.45, 7) is 6.65. The maximum Gasteiger partial charge on any atom is 0.230 e. The Morgan fingerprint density at radius 1 is 1.46 bits per heavy atom. The molecule has 0 fully saturated rings. The van der Waals surface area contributed by atoms with Gasteiger partial charge in [-0.3, -0.25) is 4.79 Å². The molecule has 13 heavy (non-hydrogen) atoms. The predicted octanol–water partition coefficient (Wildman–Crippen LogP) is 0.983. The van der Waals surface area contributed by atoms with Gasteiger partial charge in [-0.15, -0.1) is 0 Å². The van der Waals surface area contributed by atoms with Gasteiger partial charge in [0.2, 0.25) is 5.91 Å². The molecule has 1 amide bonds. The topological polar surface area (TPSA) is 55.1 Å². The highest BCUT2D eigenvalue weighted by molar-refractivity contribution is 7.99. The number of carbonyl (C=O) groups excluding carboxylic acids is 1. The largest absolute Gasteiger partial charge is 0.351 e. The van der Waals surface area contributed by atoms with E-state index in [2.05, 4.69) is 5.32 Å². The number of nitrogens with two attached hydrogens (primary N) is 1. The van der Waals surface area contributed by atoms with Gasteiger partial charge < -0.3 is 11.1 Å². The summed E-state index contributed by atoms with van der Waals surface area (Å²) in [4.78, 5) is 11.3. The second-order valence-electron chi connectivity index (χ2n) is 3.99. The van der Waals surface area contributed by atoms with Gasteiger partial charge in [0, 0.05) is 5.54 Å². The Kier molecular flexibility index (Phi) is 6.16. The van der Waals surface area contributed by atoms with Crippen LogP contribution in [0.5, 0.6) is 0 Å². The highest BCUT2D eigenvalue weighted by Crippen LogP contribution is 2.03. The molecule has 0 aliphatic rings. The quantitative estimate of drug-likeness (QED) is 0.656. The van der Waals surface area contributed by atoms with Crippen molar-refractivity contribution >= 4 is 17.7 Å². The molecule has 0 bridgehead atoms. The Morgan fingerprint density at radius 2 is 2.08 bits per heavy atom. The Morgan fingerprint density at radius 3 is 2.54 bits per heavy atom. The van der Waals surface area contributed by atoms with Crippen LogP contribution in [0.4, 0.5) is 0 Å². The van der Waals surface area contributed by atoms with Crippen LogP contribution in [0, 0.1) is 0 Å². The van der Waals surface area contributed by atoms with Gasteiger partial charge in [0.25, 0.3) is 0 Å². The summed E-state index contributed by atoms with van der Waals surface area (Å²) in [5.41, 5.74) is 5.21. The number of nitrogens with one attached hydrogen (secondary N) is 1. The zero-order valence-corrected chi connectivity index (χ0v) is 9.54. The Labute approximate surface area is 84.8 Å². The molecule has 0 aliphatic carbocycles. The van der Waals surface area contributed by atoms with E-state index < -0.39 is 0 Å². The molecule has 0 spiro atoms. The van der Waals surface area contributed by atoms with Crippen molar-refractivity contribution in [3.05, 3.63) is 0 Å². The molecule has 0 saturated heterocycles. The van der Waals surface area contributed by atoms with Gasteiger partial charge in [0.1, 0.15) is 0 Å². The average Bonchev–Trinajstić information content (AvgIpc) is 1.94. The standard InChI is InChI=1S/C9H20N2OS/c1-9(2,3)11-8(12)7-13-6-4-5-10/h4-7,10H2,1-3H3,(H,11,12). The van der Waals surface area contributed by atoms with Gasteiger partial charge in [0.15, 0.2) is 0 Å². The third kappa shape index (κ3) is 9.70. The third-order valence-corrected chi connectivity index (χ3v) is 2.28. The first kappa shape index (κ1) is 12.8. The van der Waals surface area contributed by atoms with Crippen molar-refractivity contribution in [2.45, 2.75) is 32.7 Å². The molecular formula is C9H20N2OS. The highest BCUT2D eigenvalue weighted by atomic mass is 32.2. The van der Waals surface area contributed by atoms with Gasteiger partial charge in [0.05, 0.1) is 5.75 Å². The summed E-state index contributed by atoms with van der Waals surface area (Å²) in [6, 6.07) is 0. The molecule has 0 radical (unpaired) electrons. The SMILES string of the molecule is CC(C)(C)NC(=O)CSCCCN. The monoisotopic (exact) mass is 204 g/mol. The van der Waals surface area contributed by atoms with Crippen LogP contribution in [0.15, 0.2) is 0 Å². The van der Waals surface area contributed by atoms with Crippen molar-refractivity contribution in [2.24, 2.45) is 5.73 Å². The smallest absolute Gasteiger partial charge is 0.230 e. The van der Waals surface area contributed by atoms with Crippen LogP contribution in [0.3, 0.4) is 0 Å². The van der Waals surface area contributed by atoms with E-state index in [-0.39, 0.29) is 11.4 Å². The first-order chi connectivity index (χ1) is 5.95. The molecule has 0 rings (SSSR count). The fraction of sp³-hybridized carbons (Fsp3) is 0.889. The number of thioether (sulfide) groups is 1. The number of carbonyl (C=O) groups is 1. The molecule has 4 heteroatoms. The molecule has 0 heterocycles. The molecule has 0 aromatic heterocycles. The zero-order chi connectivity index (χ0) is 10.3. The van der Waals surface area contributed by atoms with Crippen LogP contribution in [0.25, 0.3) is 0 Å². The van der Waals surface area contributed by atoms with Crippen LogP contribution >= 0.6 is 11.8 Å². The van der Waals surface area contributed by atoms with E-state index in [0.29, 0.717) is 12.3 Å². The molecule has 3 N–H and O–H groups in total. The van der Waals surface area contributed by atoms with E-state index >= 15 is 0 Å². The maximum atomic E-state index is 11.3. The molecule has 78 valence electrons. The lowest BCUT2D eigenvalue weighted by atomic mass is 10.1. The van der Waals surface area contributed by atoms with E-state index in [0.717, 1.165) is 12.2 Å². The van der Waals surface area contributed by atoms with Crippen LogP contribution in [0.2, 0.25) is 0 Å². The summed E-state index contributed by atoms with van der Waals surface area (Å²) >= 11 is 1.63. The molecule has 0 aromatic rings. The van der Waals surface area contributed by atoms with E-state index in [4.69, 9.17) is 5.73 Å². The van der Waals surface area contributed by atoms with Crippen LogP contribution in [-0.2, 0) is 4.79 Å². The van der Waals surface area contributed by atoms with E-state index in [1.54, 1.807) is 11.8 Å². The lowest BCUT2D eigenvalue weighted by Crippen LogP contribution is -2.41. The number of rotatable bonds is 5. The highest BCUT2D eigenvalue weighted by Gasteiger charge is 2.12. The summed E-state index contributed by atoms with van der Waals surface area (Å²) in [6.07, 6.45) is 0.980. The van der Waals surface area contributed by atoms with Gasteiger partial charge >= 0.3 is 0 Å². The molecule has 0 saturated carbocycles. The number of amides is 1.